The molecule has 0 amide bonds. The maximum atomic E-state index is 11.1. The van der Waals surface area contributed by atoms with Gasteiger partial charge in [-0.05, 0) is 12.2 Å². The first kappa shape index (κ1) is 9.59. The summed E-state index contributed by atoms with van der Waals surface area (Å²) in [5.74, 6) is -0.785. The topological polar surface area (TPSA) is 77.0 Å². The highest BCUT2D eigenvalue weighted by atomic mass is 32.1. The number of hydrogen-bond donors (Lipinski definition) is 1. The monoisotopic (exact) mass is 201 g/mol. The Labute approximate surface area is 78.2 Å². The highest BCUT2D eigenvalue weighted by Crippen LogP contribution is 1.87. The fraction of sp³-hybridized carbons (Fsp3) is 0.333. The molecule has 0 fully saturated rings. The van der Waals surface area contributed by atoms with E-state index in [9.17, 15) is 9.59 Å². The third kappa shape index (κ3) is 1.81. The minimum absolute atomic E-state index is 0.151. The molecule has 1 rings (SSSR count). The lowest BCUT2D eigenvalue weighted by Crippen LogP contribution is -2.25. The number of H-pyrrole nitrogens is 1. The molecule has 0 saturated heterocycles. The zero-order valence-corrected chi connectivity index (χ0v) is 7.84. The number of aromatic nitrogens is 3. The summed E-state index contributed by atoms with van der Waals surface area (Å²) in [4.78, 5) is 24.3. The van der Waals surface area contributed by atoms with Crippen LogP contribution in [0.2, 0.25) is 0 Å². The average Bonchev–Trinajstić information content (AvgIpc) is 2.10. The first-order valence-corrected chi connectivity index (χ1v) is 3.73. The summed E-state index contributed by atoms with van der Waals surface area (Å²) < 4.78 is 5.71. The van der Waals surface area contributed by atoms with E-state index in [4.69, 9.17) is 12.2 Å². The van der Waals surface area contributed by atoms with Crippen LogP contribution in [-0.2, 0) is 11.8 Å². The lowest BCUT2D eigenvalue weighted by molar-refractivity contribution is 0.0588. The third-order valence-electron chi connectivity index (χ3n) is 1.36. The molecule has 0 saturated carbocycles. The number of nitrogens with one attached hydrogen (secondary N) is 1. The summed E-state index contributed by atoms with van der Waals surface area (Å²) in [6.45, 7) is 0. The number of aryl methyl sites for hydroxylation is 1. The van der Waals surface area contributed by atoms with E-state index >= 15 is 0 Å². The van der Waals surface area contributed by atoms with Gasteiger partial charge >= 0.3 is 5.97 Å². The van der Waals surface area contributed by atoms with Gasteiger partial charge in [0.15, 0.2) is 4.77 Å². The maximum absolute atomic E-state index is 11.1. The normalized spacial score (nSPS) is 9.69. The molecule has 70 valence electrons. The van der Waals surface area contributed by atoms with E-state index in [2.05, 4.69) is 14.8 Å². The molecule has 13 heavy (non-hydrogen) atoms. The Balaban J connectivity index is 3.41. The Bertz CT molecular complexity index is 447. The second kappa shape index (κ2) is 3.48. The number of methoxy groups -OCH3 is 1. The number of carbonyl (C=O) groups excluding carboxylic acids is 1. The summed E-state index contributed by atoms with van der Waals surface area (Å²) in [5, 5.41) is 3.64. The van der Waals surface area contributed by atoms with Crippen molar-refractivity contribution in [3.8, 4) is 0 Å². The minimum Gasteiger partial charge on any atom is -0.464 e. The molecule has 6 nitrogen and oxygen atoms in total. The van der Waals surface area contributed by atoms with Gasteiger partial charge in [-0.3, -0.25) is 9.78 Å². The van der Waals surface area contributed by atoms with Crippen molar-refractivity contribution in [3.63, 3.8) is 0 Å². The molecule has 0 radical (unpaired) electrons. The molecule has 1 aromatic rings. The van der Waals surface area contributed by atoms with Crippen LogP contribution in [-0.4, -0.2) is 27.8 Å². The van der Waals surface area contributed by atoms with Crippen LogP contribution < -0.4 is 5.56 Å². The molecule has 0 spiro atoms. The van der Waals surface area contributed by atoms with Gasteiger partial charge in [-0.15, -0.1) is 0 Å². The van der Waals surface area contributed by atoms with Crippen molar-refractivity contribution < 1.29 is 9.53 Å². The quantitative estimate of drug-likeness (QED) is 0.495. The highest BCUT2D eigenvalue weighted by Gasteiger charge is 2.13. The zero-order chi connectivity index (χ0) is 10.0. The molecule has 1 heterocycles. The van der Waals surface area contributed by atoms with Gasteiger partial charge < -0.3 is 4.74 Å². The summed E-state index contributed by atoms with van der Waals surface area (Å²) in [5.41, 5.74) is -0.950. The Morgan fingerprint density at radius 3 is 2.85 bits per heavy atom. The number of hydrogen-bond acceptors (Lipinski definition) is 5. The van der Waals surface area contributed by atoms with Gasteiger partial charge in [0.2, 0.25) is 5.69 Å². The number of ether oxygens (including phenoxy) is 1. The number of rotatable bonds is 1. The van der Waals surface area contributed by atoms with Gasteiger partial charge in [0.25, 0.3) is 5.56 Å². The SMILES string of the molecule is COC(=O)c1nn(C)c(=S)[nH]c1=O. The molecule has 1 N–H and O–H groups in total. The molecule has 0 aromatic carbocycles. The van der Waals surface area contributed by atoms with Crippen molar-refractivity contribution in [2.24, 2.45) is 7.05 Å². The molecule has 7 heteroatoms. The predicted octanol–water partition coefficient (Wildman–Crippen LogP) is -0.376. The van der Waals surface area contributed by atoms with E-state index in [-0.39, 0.29) is 10.5 Å². The number of nitrogens with zero attached hydrogens (tertiary/aromatic N) is 2. The van der Waals surface area contributed by atoms with Crippen LogP contribution in [0.15, 0.2) is 4.79 Å². The molecule has 0 unspecified atom stereocenters. The third-order valence-corrected chi connectivity index (χ3v) is 1.72. The van der Waals surface area contributed by atoms with Crippen LogP contribution in [0.3, 0.4) is 0 Å². The lowest BCUT2D eigenvalue weighted by Gasteiger charge is -1.99. The Kier molecular flexibility index (Phi) is 2.57. The molecule has 0 atom stereocenters. The van der Waals surface area contributed by atoms with Crippen LogP contribution in [0, 0.1) is 4.77 Å². The van der Waals surface area contributed by atoms with Gasteiger partial charge in [-0.25, -0.2) is 9.48 Å². The molecule has 1 aromatic heterocycles. The number of esters is 1. The molecule has 0 aliphatic carbocycles. The van der Waals surface area contributed by atoms with Crippen LogP contribution in [0.4, 0.5) is 0 Å². The molecule has 0 aliphatic rings. The van der Waals surface area contributed by atoms with Gasteiger partial charge in [0.1, 0.15) is 0 Å². The molecular weight excluding hydrogens is 194 g/mol. The molecule has 0 bridgehead atoms. The van der Waals surface area contributed by atoms with Crippen molar-refractivity contribution in [3.05, 3.63) is 20.8 Å². The van der Waals surface area contributed by atoms with Crippen LogP contribution in [0.5, 0.6) is 0 Å². The van der Waals surface area contributed by atoms with E-state index in [1.165, 1.54) is 18.8 Å². The largest absolute Gasteiger partial charge is 0.464 e. The standard InChI is InChI=1S/C6H7N3O3S/c1-9-6(13)7-4(10)3(8-9)5(11)12-2/h1-2H3,(H,7,10,13). The maximum Gasteiger partial charge on any atom is 0.364 e. The van der Waals surface area contributed by atoms with Crippen molar-refractivity contribution in [1.82, 2.24) is 14.8 Å². The van der Waals surface area contributed by atoms with Crippen molar-refractivity contribution in [2.45, 2.75) is 0 Å². The van der Waals surface area contributed by atoms with Crippen LogP contribution in [0.1, 0.15) is 10.5 Å². The van der Waals surface area contributed by atoms with E-state index < -0.39 is 11.5 Å². The van der Waals surface area contributed by atoms with E-state index in [1.807, 2.05) is 0 Å². The summed E-state index contributed by atoms with van der Waals surface area (Å²) in [6.07, 6.45) is 0. The van der Waals surface area contributed by atoms with Gasteiger partial charge in [-0.1, -0.05) is 0 Å². The number of aromatic amines is 1. The fourth-order valence-electron chi connectivity index (χ4n) is 0.708. The van der Waals surface area contributed by atoms with Crippen LogP contribution >= 0.6 is 12.2 Å². The average molecular weight is 201 g/mol. The van der Waals surface area contributed by atoms with Crippen molar-refractivity contribution >= 4 is 18.2 Å². The number of carbonyl (C=O) groups is 1. The summed E-state index contributed by atoms with van der Waals surface area (Å²) >= 11 is 4.72. The van der Waals surface area contributed by atoms with Gasteiger partial charge in [0, 0.05) is 7.05 Å². The Morgan fingerprint density at radius 1 is 1.69 bits per heavy atom. The van der Waals surface area contributed by atoms with Gasteiger partial charge in [-0.2, -0.15) is 5.10 Å². The summed E-state index contributed by atoms with van der Waals surface area (Å²) in [6, 6.07) is 0. The second-order valence-corrected chi connectivity index (χ2v) is 2.61. The Hall–Kier alpha value is -1.50. The minimum atomic E-state index is -0.785. The summed E-state index contributed by atoms with van der Waals surface area (Å²) in [7, 11) is 2.69. The molecule has 0 aliphatic heterocycles. The van der Waals surface area contributed by atoms with Crippen LogP contribution in [0.25, 0.3) is 0 Å². The second-order valence-electron chi connectivity index (χ2n) is 2.22. The van der Waals surface area contributed by atoms with E-state index in [0.717, 1.165) is 0 Å². The first-order valence-electron chi connectivity index (χ1n) is 3.32. The van der Waals surface area contributed by atoms with E-state index in [0.29, 0.717) is 0 Å². The van der Waals surface area contributed by atoms with Gasteiger partial charge in [0.05, 0.1) is 7.11 Å². The Morgan fingerprint density at radius 2 is 2.31 bits per heavy atom. The highest BCUT2D eigenvalue weighted by molar-refractivity contribution is 7.71. The zero-order valence-electron chi connectivity index (χ0n) is 7.03. The van der Waals surface area contributed by atoms with Crippen molar-refractivity contribution in [1.29, 1.82) is 0 Å². The first-order chi connectivity index (χ1) is 6.06. The van der Waals surface area contributed by atoms with E-state index in [1.54, 1.807) is 0 Å². The molecular formula is C6H7N3O3S. The lowest BCUT2D eigenvalue weighted by atomic mass is 10.5. The predicted molar refractivity (Wildman–Crippen MR) is 46.0 cm³/mol. The van der Waals surface area contributed by atoms with Crippen molar-refractivity contribution in [2.75, 3.05) is 7.11 Å². The smallest absolute Gasteiger partial charge is 0.364 e. The fourth-order valence-corrected chi connectivity index (χ4v) is 0.842.